The van der Waals surface area contributed by atoms with Crippen LogP contribution in [0.5, 0.6) is 0 Å². The van der Waals surface area contributed by atoms with Gasteiger partial charge in [0.2, 0.25) is 0 Å². The van der Waals surface area contributed by atoms with Gasteiger partial charge in [0.05, 0.1) is 0 Å². The Balaban J connectivity index is 2.48. The Labute approximate surface area is 86.0 Å². The van der Waals surface area contributed by atoms with Crippen LogP contribution in [0.4, 0.5) is 0 Å². The summed E-state index contributed by atoms with van der Waals surface area (Å²) < 4.78 is 0. The van der Waals surface area contributed by atoms with Gasteiger partial charge in [-0.1, -0.05) is 42.6 Å². The number of hydrogen-bond acceptors (Lipinski definition) is 0. The lowest BCUT2D eigenvalue weighted by Gasteiger charge is -2.13. The van der Waals surface area contributed by atoms with E-state index in [0.29, 0.717) is 0 Å². The first-order valence-corrected chi connectivity index (χ1v) is 8.30. The van der Waals surface area contributed by atoms with Crippen molar-refractivity contribution in [2.45, 2.75) is 19.0 Å². The quantitative estimate of drug-likeness (QED) is 0.525. The topological polar surface area (TPSA) is 0 Å². The summed E-state index contributed by atoms with van der Waals surface area (Å²) >= 11 is 6.29. The summed E-state index contributed by atoms with van der Waals surface area (Å²) in [5.41, 5.74) is 3.31. The molecule has 0 N–H and O–H groups in total. The largest absolute Gasteiger partial charge is 0.176 e. The van der Waals surface area contributed by atoms with E-state index in [9.17, 15) is 0 Å². The van der Waals surface area contributed by atoms with E-state index in [1.807, 2.05) is 11.8 Å². The maximum atomic E-state index is 6.29. The van der Waals surface area contributed by atoms with Crippen LogP contribution < -0.4 is 0 Å². The van der Waals surface area contributed by atoms with Gasteiger partial charge in [-0.05, 0) is 18.0 Å². The first kappa shape index (κ1) is 10.5. The van der Waals surface area contributed by atoms with Gasteiger partial charge in [-0.2, -0.15) is 11.1 Å². The van der Waals surface area contributed by atoms with Crippen LogP contribution in [0.25, 0.3) is 0 Å². The van der Waals surface area contributed by atoms with Crippen molar-refractivity contribution in [3.05, 3.63) is 48.2 Å². The van der Waals surface area contributed by atoms with E-state index in [4.69, 9.17) is 11.1 Å². The molecule has 1 unspecified atom stereocenters. The van der Waals surface area contributed by atoms with Crippen molar-refractivity contribution < 1.29 is 0 Å². The minimum Gasteiger partial charge on any atom is -0.162 e. The van der Waals surface area contributed by atoms with Crippen molar-refractivity contribution >= 4 is 18.5 Å². The molecule has 70 valence electrons. The van der Waals surface area contributed by atoms with Crippen molar-refractivity contribution in [3.63, 3.8) is 0 Å². The number of benzene rings is 1. The van der Waals surface area contributed by atoms with Gasteiger partial charge in [-0.25, -0.2) is 0 Å². The van der Waals surface area contributed by atoms with E-state index in [1.165, 1.54) is 5.56 Å². The van der Waals surface area contributed by atoms with Gasteiger partial charge >= 0.3 is 0 Å². The molecule has 13 heavy (non-hydrogen) atoms. The molecule has 2 heteroatoms. The molecule has 0 spiro atoms. The van der Waals surface area contributed by atoms with E-state index in [-0.39, 0.29) is 0 Å². The Bertz CT molecular complexity index is 267. The van der Waals surface area contributed by atoms with Crippen molar-refractivity contribution in [1.29, 1.82) is 0 Å². The Morgan fingerprint density at radius 1 is 1.38 bits per heavy atom. The fraction of sp³-hybridized carbons (Fsp3) is 0.273. The zero-order valence-corrected chi connectivity index (χ0v) is 9.72. The van der Waals surface area contributed by atoms with Crippen LogP contribution >= 0.6 is 11.1 Å². The zero-order valence-electron chi connectivity index (χ0n) is 7.96. The number of halogens is 1. The molecular formula is C11H15ClSi. The summed E-state index contributed by atoms with van der Waals surface area (Å²) in [7, 11) is -1.62. The number of aryl methyl sites for hydroxylation is 1. The second-order valence-corrected chi connectivity index (χ2v) is 9.52. The average Bonchev–Trinajstić information content (AvgIpc) is 2.17. The minimum atomic E-state index is -1.62. The summed E-state index contributed by atoms with van der Waals surface area (Å²) in [5.74, 6) is 0. The molecule has 1 aromatic rings. The monoisotopic (exact) mass is 210 g/mol. The van der Waals surface area contributed by atoms with E-state index in [2.05, 4.69) is 37.4 Å². The lowest BCUT2D eigenvalue weighted by molar-refractivity contribution is 1.11. The molecule has 0 aliphatic rings. The molecule has 0 aromatic heterocycles. The van der Waals surface area contributed by atoms with E-state index < -0.39 is 7.38 Å². The third-order valence-corrected chi connectivity index (χ3v) is 5.28. The highest BCUT2D eigenvalue weighted by atomic mass is 35.6. The molecule has 1 rings (SSSR count). The lowest BCUT2D eigenvalue weighted by atomic mass is 10.2. The summed E-state index contributed by atoms with van der Waals surface area (Å²) in [6.07, 6.45) is 1.07. The van der Waals surface area contributed by atoms with Crippen LogP contribution in [-0.4, -0.2) is 7.38 Å². The van der Waals surface area contributed by atoms with E-state index >= 15 is 0 Å². The number of rotatable bonds is 4. The Hall–Kier alpha value is -0.533. The molecule has 0 aliphatic heterocycles. The molecule has 1 aromatic carbocycles. The van der Waals surface area contributed by atoms with Crippen LogP contribution in [-0.2, 0) is 6.42 Å². The Morgan fingerprint density at radius 2 is 2.00 bits per heavy atom. The molecule has 0 fully saturated rings. The Morgan fingerprint density at radius 3 is 2.54 bits per heavy atom. The molecule has 0 saturated carbocycles. The first-order valence-electron chi connectivity index (χ1n) is 4.50. The van der Waals surface area contributed by atoms with Gasteiger partial charge < -0.3 is 0 Å². The van der Waals surface area contributed by atoms with Crippen molar-refractivity contribution in [2.24, 2.45) is 0 Å². The van der Waals surface area contributed by atoms with Gasteiger partial charge in [0.1, 0.15) is 0 Å². The zero-order chi connectivity index (χ0) is 9.73. The molecule has 0 amide bonds. The summed E-state index contributed by atoms with van der Waals surface area (Å²) in [6, 6.07) is 11.5. The lowest BCUT2D eigenvalue weighted by Crippen LogP contribution is -2.19. The second kappa shape index (κ2) is 4.63. The first-order chi connectivity index (χ1) is 6.14. The predicted octanol–water partition coefficient (Wildman–Crippen LogP) is 3.77. The molecule has 0 radical (unpaired) electrons. The van der Waals surface area contributed by atoms with Crippen molar-refractivity contribution in [3.8, 4) is 0 Å². The Kier molecular flexibility index (Phi) is 3.76. The highest BCUT2D eigenvalue weighted by Crippen LogP contribution is 2.18. The van der Waals surface area contributed by atoms with Gasteiger partial charge in [-0.3, -0.25) is 0 Å². The number of hydrogen-bond donors (Lipinski definition) is 0. The fourth-order valence-corrected chi connectivity index (χ4v) is 2.40. The molecule has 0 bridgehead atoms. The van der Waals surface area contributed by atoms with Crippen LogP contribution in [0.15, 0.2) is 42.6 Å². The van der Waals surface area contributed by atoms with Crippen LogP contribution in [0, 0.1) is 0 Å². The average molecular weight is 211 g/mol. The molecule has 1 atom stereocenters. The van der Waals surface area contributed by atoms with Gasteiger partial charge in [0.25, 0.3) is 0 Å². The normalized spacial score (nSPS) is 14.9. The van der Waals surface area contributed by atoms with Crippen LogP contribution in [0.2, 0.25) is 12.6 Å². The SMILES string of the molecule is C=C[Si](C)(Cl)CCc1ccccc1. The molecule has 0 aliphatic carbocycles. The molecule has 0 saturated heterocycles. The van der Waals surface area contributed by atoms with Crippen molar-refractivity contribution in [1.82, 2.24) is 0 Å². The van der Waals surface area contributed by atoms with E-state index in [1.54, 1.807) is 0 Å². The predicted molar refractivity (Wildman–Crippen MR) is 62.6 cm³/mol. The van der Waals surface area contributed by atoms with Gasteiger partial charge in [0, 0.05) is 0 Å². The summed E-state index contributed by atoms with van der Waals surface area (Å²) in [6.45, 7) is 5.90. The standard InChI is InChI=1S/C11H15ClSi/c1-3-13(2,12)10-9-11-7-5-4-6-8-11/h3-8H,1,9-10H2,2H3. The van der Waals surface area contributed by atoms with E-state index in [0.717, 1.165) is 12.5 Å². The summed E-state index contributed by atoms with van der Waals surface area (Å²) in [5, 5.41) is 0. The maximum Gasteiger partial charge on any atom is 0.176 e. The molecular weight excluding hydrogens is 196 g/mol. The highest BCUT2D eigenvalue weighted by Gasteiger charge is 2.18. The fourth-order valence-electron chi connectivity index (χ4n) is 1.14. The summed E-state index contributed by atoms with van der Waals surface area (Å²) in [4.78, 5) is 0. The third-order valence-electron chi connectivity index (χ3n) is 2.17. The van der Waals surface area contributed by atoms with Crippen molar-refractivity contribution in [2.75, 3.05) is 0 Å². The van der Waals surface area contributed by atoms with Gasteiger partial charge in [0.15, 0.2) is 7.38 Å². The molecule has 0 heterocycles. The molecule has 0 nitrogen and oxygen atoms in total. The van der Waals surface area contributed by atoms with Crippen LogP contribution in [0.1, 0.15) is 5.56 Å². The highest BCUT2D eigenvalue weighted by molar-refractivity contribution is 7.22. The van der Waals surface area contributed by atoms with Crippen LogP contribution in [0.3, 0.4) is 0 Å². The maximum absolute atomic E-state index is 6.29. The van der Waals surface area contributed by atoms with Gasteiger partial charge in [-0.15, -0.1) is 6.58 Å². The minimum absolute atomic E-state index is 1.07. The second-order valence-electron chi connectivity index (χ2n) is 3.47. The third kappa shape index (κ3) is 3.79. The smallest absolute Gasteiger partial charge is 0.162 e.